The lowest BCUT2D eigenvalue weighted by molar-refractivity contribution is -0.140. The number of carboxylic acids is 1. The Balaban J connectivity index is 3.12. The molecule has 2 amide bonds. The lowest BCUT2D eigenvalue weighted by Gasteiger charge is -2.22. The fraction of sp³-hybridized carbons (Fsp3) is 0.471. The van der Waals surface area contributed by atoms with Crippen molar-refractivity contribution >= 4 is 29.3 Å². The summed E-state index contributed by atoms with van der Waals surface area (Å²) in [7, 11) is 0. The van der Waals surface area contributed by atoms with Gasteiger partial charge in [0, 0.05) is 12.6 Å². The minimum Gasteiger partial charge on any atom is -0.481 e. The van der Waals surface area contributed by atoms with E-state index in [1.54, 1.807) is 13.8 Å². The first-order valence-corrected chi connectivity index (χ1v) is 8.36. The lowest BCUT2D eigenvalue weighted by Crippen LogP contribution is -2.47. The first kappa shape index (κ1) is 22.0. The van der Waals surface area contributed by atoms with Crippen LogP contribution in [0.3, 0.4) is 0 Å². The van der Waals surface area contributed by atoms with Crippen molar-refractivity contribution in [3.8, 4) is 0 Å². The molecule has 3 N–H and O–H groups in total. The Morgan fingerprint density at radius 2 is 1.93 bits per heavy atom. The van der Waals surface area contributed by atoms with Gasteiger partial charge >= 0.3 is 5.97 Å². The standard InChI is InChI=1S/C17H22FN3O6/c1-3-12(16(26)20-11(8-15(24)25)13(22)9-18)21-7-5-6-10(17(21)27)19-14(23)4-2/h5-7,11-12H,3-4,8-9H2,1-2H3,(H,19,23)(H,20,26)(H,24,25). The molecule has 1 aromatic rings. The number of ketones is 1. The topological polar surface area (TPSA) is 135 Å². The minimum atomic E-state index is -1.53. The second-order valence-electron chi connectivity index (χ2n) is 5.72. The summed E-state index contributed by atoms with van der Waals surface area (Å²) in [4.78, 5) is 58.9. The van der Waals surface area contributed by atoms with Gasteiger partial charge < -0.3 is 20.3 Å². The fourth-order valence-electron chi connectivity index (χ4n) is 2.38. The molecule has 148 valence electrons. The molecule has 0 aliphatic rings. The Morgan fingerprint density at radius 3 is 2.44 bits per heavy atom. The van der Waals surface area contributed by atoms with Crippen LogP contribution in [0.5, 0.6) is 0 Å². The first-order chi connectivity index (χ1) is 12.7. The van der Waals surface area contributed by atoms with E-state index in [9.17, 15) is 28.4 Å². The third-order valence-corrected chi connectivity index (χ3v) is 3.81. The van der Waals surface area contributed by atoms with E-state index in [0.29, 0.717) is 0 Å². The van der Waals surface area contributed by atoms with E-state index in [1.165, 1.54) is 18.3 Å². The smallest absolute Gasteiger partial charge is 0.305 e. The van der Waals surface area contributed by atoms with Gasteiger partial charge in [0.1, 0.15) is 24.4 Å². The summed E-state index contributed by atoms with van der Waals surface area (Å²) >= 11 is 0. The third kappa shape index (κ3) is 6.01. The molecule has 27 heavy (non-hydrogen) atoms. The molecule has 10 heteroatoms. The summed E-state index contributed by atoms with van der Waals surface area (Å²) < 4.78 is 13.7. The van der Waals surface area contributed by atoms with Crippen LogP contribution in [-0.4, -0.2) is 46.0 Å². The van der Waals surface area contributed by atoms with Gasteiger partial charge in [-0.05, 0) is 18.6 Å². The van der Waals surface area contributed by atoms with Crippen LogP contribution < -0.4 is 16.2 Å². The summed E-state index contributed by atoms with van der Waals surface area (Å²) in [5.41, 5.74) is -0.648. The molecule has 0 saturated heterocycles. The number of alkyl halides is 1. The summed E-state index contributed by atoms with van der Waals surface area (Å²) in [5.74, 6) is -3.63. The fourth-order valence-corrected chi connectivity index (χ4v) is 2.38. The molecule has 0 aliphatic carbocycles. The number of amides is 2. The quantitative estimate of drug-likeness (QED) is 0.543. The second-order valence-corrected chi connectivity index (χ2v) is 5.72. The van der Waals surface area contributed by atoms with Gasteiger partial charge in [-0.1, -0.05) is 13.8 Å². The highest BCUT2D eigenvalue weighted by atomic mass is 19.1. The van der Waals surface area contributed by atoms with Crippen molar-refractivity contribution < 1.29 is 28.7 Å². The molecule has 0 fully saturated rings. The van der Waals surface area contributed by atoms with E-state index in [0.717, 1.165) is 4.57 Å². The van der Waals surface area contributed by atoms with Crippen molar-refractivity contribution in [2.45, 2.75) is 45.2 Å². The Labute approximate surface area is 154 Å². The van der Waals surface area contributed by atoms with Gasteiger partial charge in [-0.15, -0.1) is 0 Å². The molecule has 2 atom stereocenters. The number of Topliss-reactive ketones (excluding diaryl/α,β-unsaturated/α-hetero) is 1. The number of anilines is 1. The molecule has 0 aliphatic heterocycles. The highest BCUT2D eigenvalue weighted by Gasteiger charge is 2.28. The van der Waals surface area contributed by atoms with E-state index in [-0.39, 0.29) is 24.4 Å². The molecule has 0 spiro atoms. The molecule has 1 aromatic heterocycles. The maximum Gasteiger partial charge on any atom is 0.305 e. The van der Waals surface area contributed by atoms with Gasteiger partial charge in [0.2, 0.25) is 11.8 Å². The van der Waals surface area contributed by atoms with Crippen LogP contribution in [0.15, 0.2) is 23.1 Å². The summed E-state index contributed by atoms with van der Waals surface area (Å²) in [6, 6.07) is 0.244. The van der Waals surface area contributed by atoms with Gasteiger partial charge in [-0.2, -0.15) is 0 Å². The predicted molar refractivity (Wildman–Crippen MR) is 94.1 cm³/mol. The Hall–Kier alpha value is -3.04. The zero-order valence-corrected chi connectivity index (χ0v) is 15.0. The van der Waals surface area contributed by atoms with Gasteiger partial charge in [0.05, 0.1) is 6.42 Å². The second kappa shape index (κ2) is 10.2. The lowest BCUT2D eigenvalue weighted by atomic mass is 10.1. The molecule has 9 nitrogen and oxygen atoms in total. The number of carbonyl (C=O) groups is 4. The predicted octanol–water partition coefficient (Wildman–Crippen LogP) is 0.646. The number of hydrogen-bond donors (Lipinski definition) is 3. The van der Waals surface area contributed by atoms with Crippen molar-refractivity contribution in [1.29, 1.82) is 0 Å². The molecule has 1 heterocycles. The van der Waals surface area contributed by atoms with E-state index in [4.69, 9.17) is 5.11 Å². The van der Waals surface area contributed by atoms with Crippen molar-refractivity contribution in [1.82, 2.24) is 9.88 Å². The number of halogens is 1. The number of aromatic nitrogens is 1. The summed E-state index contributed by atoms with van der Waals surface area (Å²) in [5, 5.41) is 13.4. The van der Waals surface area contributed by atoms with Crippen LogP contribution in [0.4, 0.5) is 10.1 Å². The van der Waals surface area contributed by atoms with E-state index in [2.05, 4.69) is 10.6 Å². The van der Waals surface area contributed by atoms with Gasteiger partial charge in [0.15, 0.2) is 5.78 Å². The molecule has 0 aromatic carbocycles. The number of aliphatic carboxylic acids is 1. The van der Waals surface area contributed by atoms with Crippen LogP contribution in [0.25, 0.3) is 0 Å². The van der Waals surface area contributed by atoms with Crippen LogP contribution >= 0.6 is 0 Å². The number of rotatable bonds is 10. The molecule has 2 unspecified atom stereocenters. The largest absolute Gasteiger partial charge is 0.481 e. The van der Waals surface area contributed by atoms with Gasteiger partial charge in [-0.3, -0.25) is 24.0 Å². The average molecular weight is 383 g/mol. The maximum atomic E-state index is 12.6. The number of hydrogen-bond acceptors (Lipinski definition) is 5. The van der Waals surface area contributed by atoms with Crippen molar-refractivity contribution in [3.63, 3.8) is 0 Å². The number of carboxylic acid groups (broad SMARTS) is 1. The minimum absolute atomic E-state index is 0.0162. The number of pyridine rings is 1. The Morgan fingerprint density at radius 1 is 1.26 bits per heavy atom. The average Bonchev–Trinajstić information content (AvgIpc) is 2.63. The van der Waals surface area contributed by atoms with Gasteiger partial charge in [-0.25, -0.2) is 4.39 Å². The molecule has 0 bridgehead atoms. The zero-order chi connectivity index (χ0) is 20.6. The molecular weight excluding hydrogens is 361 g/mol. The van der Waals surface area contributed by atoms with Crippen molar-refractivity contribution in [3.05, 3.63) is 28.7 Å². The maximum absolute atomic E-state index is 12.6. The van der Waals surface area contributed by atoms with Gasteiger partial charge in [0.25, 0.3) is 5.56 Å². The SMILES string of the molecule is CCC(=O)Nc1cccn(C(CC)C(=O)NC(CC(=O)O)C(=O)CF)c1=O. The molecule has 0 saturated carbocycles. The monoisotopic (exact) mass is 383 g/mol. The molecule has 1 rings (SSSR count). The van der Waals surface area contributed by atoms with Crippen LogP contribution in [-0.2, 0) is 19.2 Å². The van der Waals surface area contributed by atoms with Crippen LogP contribution in [0, 0.1) is 0 Å². The summed E-state index contributed by atoms with van der Waals surface area (Å²) in [6.45, 7) is 1.80. The Bertz CT molecular complexity index is 776. The van der Waals surface area contributed by atoms with Crippen LogP contribution in [0.2, 0.25) is 0 Å². The Kier molecular flexibility index (Phi) is 8.31. The van der Waals surface area contributed by atoms with Crippen molar-refractivity contribution in [2.24, 2.45) is 0 Å². The number of nitrogens with zero attached hydrogens (tertiary/aromatic N) is 1. The first-order valence-electron chi connectivity index (χ1n) is 8.36. The van der Waals surface area contributed by atoms with E-state index >= 15 is 0 Å². The third-order valence-electron chi connectivity index (χ3n) is 3.81. The highest BCUT2D eigenvalue weighted by molar-refractivity contribution is 5.93. The van der Waals surface area contributed by atoms with E-state index < -0.39 is 48.4 Å². The van der Waals surface area contributed by atoms with E-state index in [1.807, 2.05) is 0 Å². The highest BCUT2D eigenvalue weighted by Crippen LogP contribution is 2.12. The number of carbonyl (C=O) groups excluding carboxylic acids is 3. The normalized spacial score (nSPS) is 12.7. The molecule has 0 radical (unpaired) electrons. The molecular formula is C17H22FN3O6. The number of nitrogens with one attached hydrogen (secondary N) is 2. The zero-order valence-electron chi connectivity index (χ0n) is 15.0. The van der Waals surface area contributed by atoms with Crippen LogP contribution in [0.1, 0.15) is 39.2 Å². The van der Waals surface area contributed by atoms with Crippen molar-refractivity contribution in [2.75, 3.05) is 12.0 Å². The summed E-state index contributed by atoms with van der Waals surface area (Å²) in [6.07, 6.45) is 0.863.